The number of ether oxygens (including phenoxy) is 1. The molecular weight excluding hydrogens is 198 g/mol. The van der Waals surface area contributed by atoms with E-state index >= 15 is 0 Å². The maximum Gasteiger partial charge on any atom is 0.126 e. The second-order valence-corrected chi connectivity index (χ2v) is 4.20. The van der Waals surface area contributed by atoms with Gasteiger partial charge in [-0.2, -0.15) is 0 Å². The minimum absolute atomic E-state index is 0.172. The van der Waals surface area contributed by atoms with Crippen molar-refractivity contribution in [1.29, 1.82) is 0 Å². The zero-order valence-electron chi connectivity index (χ0n) is 9.73. The van der Waals surface area contributed by atoms with Crippen molar-refractivity contribution in [3.8, 4) is 5.75 Å². The number of methoxy groups -OCH3 is 1. The molecule has 2 rings (SSSR count). The number of fused-ring (bicyclic) bond motifs is 1. The van der Waals surface area contributed by atoms with E-state index < -0.39 is 0 Å². The van der Waals surface area contributed by atoms with Crippen LogP contribution in [0.1, 0.15) is 12.5 Å². The van der Waals surface area contributed by atoms with Gasteiger partial charge in [-0.25, -0.2) is 0 Å². The van der Waals surface area contributed by atoms with Crippen LogP contribution in [0.25, 0.3) is 10.8 Å². The number of hydrogen-bond donors (Lipinski definition) is 1. The first-order valence-electron chi connectivity index (χ1n) is 5.52. The lowest BCUT2D eigenvalue weighted by Gasteiger charge is -2.10. The first-order valence-corrected chi connectivity index (χ1v) is 5.52. The van der Waals surface area contributed by atoms with E-state index in [9.17, 15) is 0 Å². The molecular formula is C14H17NO. The van der Waals surface area contributed by atoms with Crippen molar-refractivity contribution in [1.82, 2.24) is 0 Å². The lowest BCUT2D eigenvalue weighted by molar-refractivity contribution is 0.419. The van der Waals surface area contributed by atoms with Crippen molar-refractivity contribution in [2.45, 2.75) is 19.4 Å². The van der Waals surface area contributed by atoms with Gasteiger partial charge in [0.25, 0.3) is 0 Å². The van der Waals surface area contributed by atoms with E-state index in [0.717, 1.165) is 17.6 Å². The highest BCUT2D eigenvalue weighted by Crippen LogP contribution is 2.27. The average molecular weight is 215 g/mol. The summed E-state index contributed by atoms with van der Waals surface area (Å²) in [6, 6.07) is 12.7. The maximum atomic E-state index is 5.82. The number of benzene rings is 2. The number of rotatable bonds is 3. The molecule has 0 aliphatic carbocycles. The summed E-state index contributed by atoms with van der Waals surface area (Å²) in [6.07, 6.45) is 0.876. The van der Waals surface area contributed by atoms with Gasteiger partial charge in [-0.1, -0.05) is 30.3 Å². The van der Waals surface area contributed by atoms with Crippen LogP contribution in [0.4, 0.5) is 0 Å². The summed E-state index contributed by atoms with van der Waals surface area (Å²) in [4.78, 5) is 0. The van der Waals surface area contributed by atoms with Gasteiger partial charge in [-0.15, -0.1) is 0 Å². The fraction of sp³-hybridized carbons (Fsp3) is 0.286. The molecule has 1 atom stereocenters. The van der Waals surface area contributed by atoms with E-state index in [0.29, 0.717) is 0 Å². The topological polar surface area (TPSA) is 35.2 Å². The van der Waals surface area contributed by atoms with Crippen LogP contribution in [-0.4, -0.2) is 13.2 Å². The highest BCUT2D eigenvalue weighted by Gasteiger charge is 2.05. The van der Waals surface area contributed by atoms with Crippen molar-refractivity contribution >= 4 is 10.8 Å². The summed E-state index contributed by atoms with van der Waals surface area (Å²) >= 11 is 0. The van der Waals surface area contributed by atoms with Crippen LogP contribution in [-0.2, 0) is 6.42 Å². The Morgan fingerprint density at radius 2 is 2.00 bits per heavy atom. The van der Waals surface area contributed by atoms with E-state index in [1.807, 2.05) is 19.1 Å². The Balaban J connectivity index is 2.54. The molecule has 0 amide bonds. The summed E-state index contributed by atoms with van der Waals surface area (Å²) in [5.74, 6) is 0.925. The molecule has 0 heterocycles. The third-order valence-corrected chi connectivity index (χ3v) is 2.66. The van der Waals surface area contributed by atoms with Gasteiger partial charge in [0, 0.05) is 11.4 Å². The Hall–Kier alpha value is -1.54. The number of nitrogens with two attached hydrogens (primary N) is 1. The van der Waals surface area contributed by atoms with Gasteiger partial charge < -0.3 is 10.5 Å². The molecule has 2 nitrogen and oxygen atoms in total. The first kappa shape index (κ1) is 11.0. The molecule has 2 aromatic rings. The van der Waals surface area contributed by atoms with Crippen LogP contribution in [0.5, 0.6) is 5.75 Å². The van der Waals surface area contributed by atoms with Gasteiger partial charge in [-0.3, -0.25) is 0 Å². The number of hydrogen-bond acceptors (Lipinski definition) is 2. The molecule has 0 aromatic heterocycles. The third kappa shape index (κ3) is 2.17. The molecule has 0 fully saturated rings. The largest absolute Gasteiger partial charge is 0.496 e. The van der Waals surface area contributed by atoms with Gasteiger partial charge in [0.2, 0.25) is 0 Å². The third-order valence-electron chi connectivity index (χ3n) is 2.66. The quantitative estimate of drug-likeness (QED) is 0.854. The van der Waals surface area contributed by atoms with Crippen molar-refractivity contribution in [3.63, 3.8) is 0 Å². The van der Waals surface area contributed by atoms with Crippen LogP contribution in [0, 0.1) is 0 Å². The molecule has 0 aliphatic rings. The second kappa shape index (κ2) is 4.54. The fourth-order valence-electron chi connectivity index (χ4n) is 1.99. The minimum Gasteiger partial charge on any atom is -0.496 e. The molecule has 0 bridgehead atoms. The highest BCUT2D eigenvalue weighted by molar-refractivity contribution is 5.89. The smallest absolute Gasteiger partial charge is 0.126 e. The lowest BCUT2D eigenvalue weighted by Crippen LogP contribution is -2.17. The Kier molecular flexibility index (Phi) is 3.11. The fourth-order valence-corrected chi connectivity index (χ4v) is 1.99. The summed E-state index contributed by atoms with van der Waals surface area (Å²) < 4.78 is 5.41. The lowest BCUT2D eigenvalue weighted by atomic mass is 10.0. The maximum absolute atomic E-state index is 5.82. The normalized spacial score (nSPS) is 12.7. The zero-order chi connectivity index (χ0) is 11.5. The first-order chi connectivity index (χ1) is 7.70. The van der Waals surface area contributed by atoms with Crippen LogP contribution >= 0.6 is 0 Å². The van der Waals surface area contributed by atoms with Crippen molar-refractivity contribution in [3.05, 3.63) is 42.0 Å². The van der Waals surface area contributed by atoms with Crippen LogP contribution in [0.2, 0.25) is 0 Å². The summed E-state index contributed by atoms with van der Waals surface area (Å²) in [5, 5.41) is 2.36. The average Bonchev–Trinajstić information content (AvgIpc) is 2.27. The van der Waals surface area contributed by atoms with E-state index in [4.69, 9.17) is 10.5 Å². The molecule has 2 heteroatoms. The Morgan fingerprint density at radius 3 is 2.69 bits per heavy atom. The Morgan fingerprint density at radius 1 is 1.25 bits per heavy atom. The molecule has 2 aromatic carbocycles. The van der Waals surface area contributed by atoms with Gasteiger partial charge >= 0.3 is 0 Å². The van der Waals surface area contributed by atoms with Gasteiger partial charge in [0.15, 0.2) is 0 Å². The Bertz CT molecular complexity index is 491. The summed E-state index contributed by atoms with van der Waals surface area (Å²) in [7, 11) is 1.71. The van der Waals surface area contributed by atoms with Crippen LogP contribution in [0.3, 0.4) is 0 Å². The zero-order valence-corrected chi connectivity index (χ0v) is 9.73. The van der Waals surface area contributed by atoms with Crippen molar-refractivity contribution < 1.29 is 4.74 Å². The molecule has 2 N–H and O–H groups in total. The van der Waals surface area contributed by atoms with E-state index in [1.54, 1.807) is 7.11 Å². The molecule has 1 unspecified atom stereocenters. The van der Waals surface area contributed by atoms with Crippen LogP contribution < -0.4 is 10.5 Å². The monoisotopic (exact) mass is 215 g/mol. The minimum atomic E-state index is 0.172. The van der Waals surface area contributed by atoms with E-state index in [1.165, 1.54) is 10.9 Å². The summed E-state index contributed by atoms with van der Waals surface area (Å²) in [5.41, 5.74) is 7.05. The molecule has 84 valence electrons. The van der Waals surface area contributed by atoms with Gasteiger partial charge in [0.1, 0.15) is 5.75 Å². The predicted octanol–water partition coefficient (Wildman–Crippen LogP) is 2.74. The molecule has 0 saturated carbocycles. The molecule has 0 spiro atoms. The van der Waals surface area contributed by atoms with E-state index in [2.05, 4.69) is 24.3 Å². The highest BCUT2D eigenvalue weighted by atomic mass is 16.5. The molecule has 0 saturated heterocycles. The van der Waals surface area contributed by atoms with E-state index in [-0.39, 0.29) is 6.04 Å². The van der Waals surface area contributed by atoms with Gasteiger partial charge in [0.05, 0.1) is 7.11 Å². The van der Waals surface area contributed by atoms with Gasteiger partial charge in [-0.05, 0) is 30.4 Å². The molecule has 16 heavy (non-hydrogen) atoms. The standard InChI is InChI=1S/C14H17NO/c1-10(15)7-11-8-12-5-3-4-6-13(12)14(9-11)16-2/h3-6,8-10H,7,15H2,1-2H3. The second-order valence-electron chi connectivity index (χ2n) is 4.20. The van der Waals surface area contributed by atoms with Crippen LogP contribution in [0.15, 0.2) is 36.4 Å². The predicted molar refractivity (Wildman–Crippen MR) is 67.9 cm³/mol. The summed E-state index contributed by atoms with van der Waals surface area (Å²) in [6.45, 7) is 2.02. The molecule has 0 aliphatic heterocycles. The van der Waals surface area contributed by atoms with Crippen molar-refractivity contribution in [2.75, 3.05) is 7.11 Å². The molecule has 0 radical (unpaired) electrons. The van der Waals surface area contributed by atoms with Crippen molar-refractivity contribution in [2.24, 2.45) is 5.73 Å². The SMILES string of the molecule is COc1cc(CC(C)N)cc2ccccc12. The Labute approximate surface area is 96.0 Å².